The van der Waals surface area contributed by atoms with Crippen molar-refractivity contribution in [2.24, 2.45) is 0 Å². The maximum Gasteiger partial charge on any atom is 0.274 e. The van der Waals surface area contributed by atoms with Gasteiger partial charge in [0.2, 0.25) is 5.95 Å². The molecule has 150 valence electrons. The topological polar surface area (TPSA) is 76.1 Å². The summed E-state index contributed by atoms with van der Waals surface area (Å²) < 4.78 is 31.9. The molecule has 6 nitrogen and oxygen atoms in total. The highest BCUT2D eigenvalue weighted by atomic mass is 19.1. The molecule has 1 amide bonds. The molecule has 0 aliphatic rings. The first kappa shape index (κ1) is 20.2. The third-order valence-corrected chi connectivity index (χ3v) is 4.12. The Morgan fingerprint density at radius 3 is 2.52 bits per heavy atom. The average molecular weight is 398 g/mol. The number of anilines is 2. The highest BCUT2D eigenvalue weighted by molar-refractivity contribution is 6.03. The Morgan fingerprint density at radius 1 is 1.07 bits per heavy atom. The number of methoxy groups -OCH3 is 1. The lowest BCUT2D eigenvalue weighted by Crippen LogP contribution is -2.17. The van der Waals surface area contributed by atoms with Crippen molar-refractivity contribution in [3.63, 3.8) is 0 Å². The Labute approximate surface area is 167 Å². The number of ether oxygens (including phenoxy) is 1. The van der Waals surface area contributed by atoms with Gasteiger partial charge in [0.05, 0.1) is 12.8 Å². The Bertz CT molecular complexity index is 1010. The summed E-state index contributed by atoms with van der Waals surface area (Å²) >= 11 is 0. The average Bonchev–Trinajstić information content (AvgIpc) is 2.70. The summed E-state index contributed by atoms with van der Waals surface area (Å²) in [5, 5.41) is 5.47. The van der Waals surface area contributed by atoms with Crippen LogP contribution in [0.2, 0.25) is 0 Å². The van der Waals surface area contributed by atoms with Crippen LogP contribution >= 0.6 is 0 Å². The first-order valence-electron chi connectivity index (χ1n) is 8.93. The lowest BCUT2D eigenvalue weighted by molar-refractivity contribution is 0.102. The van der Waals surface area contributed by atoms with Gasteiger partial charge in [-0.3, -0.25) is 4.79 Å². The summed E-state index contributed by atoms with van der Waals surface area (Å²) in [4.78, 5) is 20.9. The van der Waals surface area contributed by atoms with Gasteiger partial charge in [-0.2, -0.15) is 0 Å². The molecule has 0 aliphatic heterocycles. The fourth-order valence-corrected chi connectivity index (χ4v) is 2.65. The number of hydrogen-bond donors (Lipinski definition) is 2. The zero-order valence-corrected chi connectivity index (χ0v) is 16.0. The SMILES string of the molecule is COc1ccc(CCNc2nc(C)cc(C(=O)Nc3ccc(F)cc3F)n2)cc1. The minimum absolute atomic E-state index is 0.0770. The molecule has 0 saturated carbocycles. The van der Waals surface area contributed by atoms with Gasteiger partial charge in [0.1, 0.15) is 23.1 Å². The highest BCUT2D eigenvalue weighted by Gasteiger charge is 2.13. The summed E-state index contributed by atoms with van der Waals surface area (Å²) in [6.45, 7) is 2.29. The van der Waals surface area contributed by atoms with Crippen molar-refractivity contribution in [3.8, 4) is 5.75 Å². The van der Waals surface area contributed by atoms with Crippen LogP contribution < -0.4 is 15.4 Å². The van der Waals surface area contributed by atoms with E-state index in [1.54, 1.807) is 14.0 Å². The standard InChI is InChI=1S/C21H20F2N4O2/c1-13-11-19(20(28)26-18-8-5-15(22)12-17(18)23)27-21(25-13)24-10-9-14-3-6-16(29-2)7-4-14/h3-8,11-12H,9-10H2,1-2H3,(H,26,28)(H,24,25,27). The molecule has 0 radical (unpaired) electrons. The quantitative estimate of drug-likeness (QED) is 0.630. The molecule has 29 heavy (non-hydrogen) atoms. The van der Waals surface area contributed by atoms with Gasteiger partial charge in [0.15, 0.2) is 0 Å². The third kappa shape index (κ3) is 5.47. The molecule has 1 heterocycles. The highest BCUT2D eigenvalue weighted by Crippen LogP contribution is 2.16. The van der Waals surface area contributed by atoms with E-state index in [4.69, 9.17) is 4.74 Å². The molecule has 0 unspecified atom stereocenters. The van der Waals surface area contributed by atoms with Crippen molar-refractivity contribution in [3.05, 3.63) is 77.1 Å². The Balaban J connectivity index is 1.64. The van der Waals surface area contributed by atoms with Crippen molar-refractivity contribution < 1.29 is 18.3 Å². The molecular weight excluding hydrogens is 378 g/mol. The van der Waals surface area contributed by atoms with Crippen molar-refractivity contribution in [2.45, 2.75) is 13.3 Å². The number of aryl methyl sites for hydroxylation is 1. The summed E-state index contributed by atoms with van der Waals surface area (Å²) in [6.07, 6.45) is 0.726. The van der Waals surface area contributed by atoms with E-state index in [0.717, 1.165) is 29.9 Å². The number of carbonyl (C=O) groups excluding carboxylic acids is 1. The number of aromatic nitrogens is 2. The smallest absolute Gasteiger partial charge is 0.274 e. The molecule has 0 fully saturated rings. The number of hydrogen-bond acceptors (Lipinski definition) is 5. The second kappa shape index (κ2) is 9.09. The van der Waals surface area contributed by atoms with E-state index in [9.17, 15) is 13.6 Å². The monoisotopic (exact) mass is 398 g/mol. The van der Waals surface area contributed by atoms with E-state index >= 15 is 0 Å². The van der Waals surface area contributed by atoms with Crippen molar-refractivity contribution in [2.75, 3.05) is 24.3 Å². The molecule has 1 aromatic heterocycles. The predicted octanol–water partition coefficient (Wildman–Crippen LogP) is 3.98. The zero-order valence-electron chi connectivity index (χ0n) is 16.0. The maximum absolute atomic E-state index is 13.8. The number of benzene rings is 2. The van der Waals surface area contributed by atoms with Gasteiger partial charge in [-0.05, 0) is 49.2 Å². The van der Waals surface area contributed by atoms with Gasteiger partial charge in [0.25, 0.3) is 5.91 Å². The lowest BCUT2D eigenvalue weighted by atomic mass is 10.1. The molecule has 2 N–H and O–H groups in total. The Hall–Kier alpha value is -3.55. The van der Waals surface area contributed by atoms with Crippen LogP contribution in [0.3, 0.4) is 0 Å². The van der Waals surface area contributed by atoms with E-state index in [1.165, 1.54) is 6.07 Å². The van der Waals surface area contributed by atoms with Gasteiger partial charge in [-0.25, -0.2) is 18.7 Å². The molecule has 3 rings (SSSR count). The van der Waals surface area contributed by atoms with Crippen molar-refractivity contribution in [1.82, 2.24) is 9.97 Å². The van der Waals surface area contributed by atoms with E-state index in [0.29, 0.717) is 24.3 Å². The zero-order chi connectivity index (χ0) is 20.8. The molecule has 2 aromatic carbocycles. The van der Waals surface area contributed by atoms with Gasteiger partial charge in [0, 0.05) is 18.3 Å². The largest absolute Gasteiger partial charge is 0.497 e. The van der Waals surface area contributed by atoms with Crippen LogP contribution in [-0.2, 0) is 6.42 Å². The van der Waals surface area contributed by atoms with E-state index in [1.807, 2.05) is 24.3 Å². The third-order valence-electron chi connectivity index (χ3n) is 4.12. The van der Waals surface area contributed by atoms with Crippen LogP contribution in [0.1, 0.15) is 21.7 Å². The minimum Gasteiger partial charge on any atom is -0.497 e. The summed E-state index contributed by atoms with van der Waals surface area (Å²) in [6, 6.07) is 12.1. The minimum atomic E-state index is -0.859. The fourth-order valence-electron chi connectivity index (χ4n) is 2.65. The molecule has 8 heteroatoms. The molecular formula is C21H20F2N4O2. The van der Waals surface area contributed by atoms with Crippen molar-refractivity contribution >= 4 is 17.5 Å². The predicted molar refractivity (Wildman–Crippen MR) is 106 cm³/mol. The van der Waals surface area contributed by atoms with E-state index < -0.39 is 17.5 Å². The number of rotatable bonds is 7. The van der Waals surface area contributed by atoms with E-state index in [2.05, 4.69) is 20.6 Å². The molecule has 0 aliphatic carbocycles. The van der Waals surface area contributed by atoms with Gasteiger partial charge >= 0.3 is 0 Å². The fraction of sp³-hybridized carbons (Fsp3) is 0.190. The maximum atomic E-state index is 13.8. The molecule has 0 atom stereocenters. The van der Waals surface area contributed by atoms with Crippen LogP contribution in [0.25, 0.3) is 0 Å². The number of carbonyl (C=O) groups is 1. The van der Waals surface area contributed by atoms with Gasteiger partial charge in [-0.1, -0.05) is 12.1 Å². The molecule has 0 saturated heterocycles. The normalized spacial score (nSPS) is 10.5. The van der Waals surface area contributed by atoms with Gasteiger partial charge < -0.3 is 15.4 Å². The Kier molecular flexibility index (Phi) is 6.33. The number of nitrogens with one attached hydrogen (secondary N) is 2. The second-order valence-electron chi connectivity index (χ2n) is 6.32. The van der Waals surface area contributed by atoms with Crippen LogP contribution in [0, 0.1) is 18.6 Å². The van der Waals surface area contributed by atoms with Crippen LogP contribution in [0.4, 0.5) is 20.4 Å². The molecule has 0 spiro atoms. The van der Waals surface area contributed by atoms with Crippen LogP contribution in [-0.4, -0.2) is 29.5 Å². The summed E-state index contributed by atoms with van der Waals surface area (Å²) in [7, 11) is 1.61. The first-order chi connectivity index (χ1) is 13.9. The molecule has 3 aromatic rings. The number of nitrogens with zero attached hydrogens (tertiary/aromatic N) is 2. The van der Waals surface area contributed by atoms with Crippen LogP contribution in [0.5, 0.6) is 5.75 Å². The first-order valence-corrected chi connectivity index (χ1v) is 8.93. The van der Waals surface area contributed by atoms with E-state index in [-0.39, 0.29) is 11.4 Å². The van der Waals surface area contributed by atoms with Crippen molar-refractivity contribution in [1.29, 1.82) is 0 Å². The summed E-state index contributed by atoms with van der Waals surface area (Å²) in [5.74, 6) is -1.11. The second-order valence-corrected chi connectivity index (χ2v) is 6.32. The molecule has 0 bridgehead atoms. The number of halogens is 2. The summed E-state index contributed by atoms with van der Waals surface area (Å²) in [5.41, 5.74) is 1.64. The van der Waals surface area contributed by atoms with Gasteiger partial charge in [-0.15, -0.1) is 0 Å². The Morgan fingerprint density at radius 2 is 1.83 bits per heavy atom. The number of amides is 1. The lowest BCUT2D eigenvalue weighted by Gasteiger charge is -2.10. The van der Waals surface area contributed by atoms with Crippen LogP contribution in [0.15, 0.2) is 48.5 Å².